The maximum atomic E-state index is 5.72. The monoisotopic (exact) mass is 185 g/mol. The van der Waals surface area contributed by atoms with Gasteiger partial charge in [-0.05, 0) is 18.8 Å². The Morgan fingerprint density at radius 1 is 1.46 bits per heavy atom. The number of rotatable bonds is 5. The Bertz CT molecular complexity index is 136. The first-order valence-electron chi connectivity index (χ1n) is 5.56. The number of hydrogen-bond acceptors (Lipinski definition) is 2. The van der Waals surface area contributed by atoms with E-state index in [0.717, 1.165) is 25.5 Å². The standard InChI is InChI=1S/C11H23NO/c1-4-7-13-11-5-6-12(9-11)8-10(2)3/h10-11H,4-9H2,1-3H3. The van der Waals surface area contributed by atoms with Gasteiger partial charge in [0.2, 0.25) is 0 Å². The molecule has 0 radical (unpaired) electrons. The maximum absolute atomic E-state index is 5.72. The van der Waals surface area contributed by atoms with Crippen molar-refractivity contribution in [3.8, 4) is 0 Å². The first kappa shape index (κ1) is 11.0. The van der Waals surface area contributed by atoms with E-state index in [1.165, 1.54) is 19.5 Å². The van der Waals surface area contributed by atoms with E-state index < -0.39 is 0 Å². The second-order valence-corrected chi connectivity index (χ2v) is 4.43. The van der Waals surface area contributed by atoms with Gasteiger partial charge in [-0.1, -0.05) is 20.8 Å². The molecule has 13 heavy (non-hydrogen) atoms. The highest BCUT2D eigenvalue weighted by molar-refractivity contribution is 4.76. The summed E-state index contributed by atoms with van der Waals surface area (Å²) >= 11 is 0. The molecular formula is C11H23NO. The summed E-state index contributed by atoms with van der Waals surface area (Å²) in [6.45, 7) is 11.3. The molecule has 0 amide bonds. The Labute approximate surface area is 82.3 Å². The van der Waals surface area contributed by atoms with E-state index in [0.29, 0.717) is 6.10 Å². The van der Waals surface area contributed by atoms with Crippen molar-refractivity contribution in [3.05, 3.63) is 0 Å². The third-order valence-corrected chi connectivity index (χ3v) is 2.41. The van der Waals surface area contributed by atoms with Gasteiger partial charge >= 0.3 is 0 Å². The van der Waals surface area contributed by atoms with Crippen LogP contribution in [0.5, 0.6) is 0 Å². The SMILES string of the molecule is CCCOC1CCN(CC(C)C)C1. The molecule has 1 heterocycles. The van der Waals surface area contributed by atoms with Crippen LogP contribution in [0.15, 0.2) is 0 Å². The van der Waals surface area contributed by atoms with Crippen molar-refractivity contribution in [2.75, 3.05) is 26.2 Å². The summed E-state index contributed by atoms with van der Waals surface area (Å²) in [5.74, 6) is 0.782. The highest BCUT2D eigenvalue weighted by Crippen LogP contribution is 2.14. The largest absolute Gasteiger partial charge is 0.377 e. The Kier molecular flexibility index (Phi) is 4.74. The van der Waals surface area contributed by atoms with E-state index >= 15 is 0 Å². The van der Waals surface area contributed by atoms with Crippen molar-refractivity contribution in [2.45, 2.75) is 39.7 Å². The van der Waals surface area contributed by atoms with Gasteiger partial charge in [0, 0.05) is 26.2 Å². The van der Waals surface area contributed by atoms with Crippen LogP contribution in [0.4, 0.5) is 0 Å². The van der Waals surface area contributed by atoms with Gasteiger partial charge < -0.3 is 9.64 Å². The molecule has 1 aliphatic heterocycles. The van der Waals surface area contributed by atoms with E-state index in [1.807, 2.05) is 0 Å². The fourth-order valence-electron chi connectivity index (χ4n) is 1.90. The van der Waals surface area contributed by atoms with Crippen LogP contribution < -0.4 is 0 Å². The van der Waals surface area contributed by atoms with Crippen LogP contribution in [0.25, 0.3) is 0 Å². The normalized spacial score (nSPS) is 24.5. The molecule has 0 spiro atoms. The second-order valence-electron chi connectivity index (χ2n) is 4.43. The quantitative estimate of drug-likeness (QED) is 0.650. The Hall–Kier alpha value is -0.0800. The minimum Gasteiger partial charge on any atom is -0.377 e. The number of nitrogens with zero attached hydrogens (tertiary/aromatic N) is 1. The van der Waals surface area contributed by atoms with E-state index in [-0.39, 0.29) is 0 Å². The van der Waals surface area contributed by atoms with Gasteiger partial charge in [0.1, 0.15) is 0 Å². The van der Waals surface area contributed by atoms with Crippen LogP contribution in [0.3, 0.4) is 0 Å². The number of ether oxygens (including phenoxy) is 1. The molecule has 0 bridgehead atoms. The van der Waals surface area contributed by atoms with E-state index in [9.17, 15) is 0 Å². The van der Waals surface area contributed by atoms with Crippen molar-refractivity contribution < 1.29 is 4.74 Å². The molecular weight excluding hydrogens is 162 g/mol. The molecule has 0 N–H and O–H groups in total. The van der Waals surface area contributed by atoms with Crippen LogP contribution in [0.1, 0.15) is 33.6 Å². The maximum Gasteiger partial charge on any atom is 0.0714 e. The molecule has 0 aromatic heterocycles. The second kappa shape index (κ2) is 5.61. The summed E-state index contributed by atoms with van der Waals surface area (Å²) in [6.07, 6.45) is 2.88. The smallest absolute Gasteiger partial charge is 0.0714 e. The predicted octanol–water partition coefficient (Wildman–Crippen LogP) is 2.14. The summed E-state index contributed by atoms with van der Waals surface area (Å²) in [4.78, 5) is 2.52. The van der Waals surface area contributed by atoms with Crippen LogP contribution in [-0.4, -0.2) is 37.2 Å². The molecule has 0 aromatic carbocycles. The van der Waals surface area contributed by atoms with Gasteiger partial charge in [0.05, 0.1) is 6.10 Å². The molecule has 1 aliphatic rings. The van der Waals surface area contributed by atoms with Gasteiger partial charge in [0.15, 0.2) is 0 Å². The molecule has 2 heteroatoms. The van der Waals surface area contributed by atoms with Crippen LogP contribution in [-0.2, 0) is 4.74 Å². The Morgan fingerprint density at radius 2 is 2.23 bits per heavy atom. The first-order valence-corrected chi connectivity index (χ1v) is 5.56. The lowest BCUT2D eigenvalue weighted by atomic mass is 10.2. The van der Waals surface area contributed by atoms with Crippen LogP contribution >= 0.6 is 0 Å². The molecule has 1 atom stereocenters. The lowest BCUT2D eigenvalue weighted by molar-refractivity contribution is 0.0587. The predicted molar refractivity (Wildman–Crippen MR) is 55.9 cm³/mol. The lowest BCUT2D eigenvalue weighted by Gasteiger charge is -2.18. The van der Waals surface area contributed by atoms with Crippen molar-refractivity contribution in [1.29, 1.82) is 0 Å². The van der Waals surface area contributed by atoms with Gasteiger partial charge in [-0.2, -0.15) is 0 Å². The third-order valence-electron chi connectivity index (χ3n) is 2.41. The van der Waals surface area contributed by atoms with Gasteiger partial charge in [-0.15, -0.1) is 0 Å². The van der Waals surface area contributed by atoms with Crippen LogP contribution in [0, 0.1) is 5.92 Å². The molecule has 78 valence electrons. The van der Waals surface area contributed by atoms with Crippen molar-refractivity contribution in [1.82, 2.24) is 4.90 Å². The minimum absolute atomic E-state index is 0.513. The summed E-state index contributed by atoms with van der Waals surface area (Å²) in [6, 6.07) is 0. The Balaban J connectivity index is 2.12. The first-order chi connectivity index (χ1) is 6.22. The molecule has 1 rings (SSSR count). The van der Waals surface area contributed by atoms with Gasteiger partial charge in [0.25, 0.3) is 0 Å². The average molecular weight is 185 g/mol. The van der Waals surface area contributed by atoms with E-state index in [4.69, 9.17) is 4.74 Å². The topological polar surface area (TPSA) is 12.5 Å². The number of likely N-dealkylation sites (tertiary alicyclic amines) is 1. The number of hydrogen-bond donors (Lipinski definition) is 0. The van der Waals surface area contributed by atoms with Crippen molar-refractivity contribution >= 4 is 0 Å². The zero-order valence-corrected chi connectivity index (χ0v) is 9.25. The molecule has 1 unspecified atom stereocenters. The van der Waals surface area contributed by atoms with E-state index in [2.05, 4.69) is 25.7 Å². The van der Waals surface area contributed by atoms with Crippen LogP contribution in [0.2, 0.25) is 0 Å². The lowest BCUT2D eigenvalue weighted by Crippen LogP contribution is -2.27. The zero-order chi connectivity index (χ0) is 9.68. The average Bonchev–Trinajstić information content (AvgIpc) is 2.48. The van der Waals surface area contributed by atoms with Crippen molar-refractivity contribution in [2.24, 2.45) is 5.92 Å². The summed E-state index contributed by atoms with van der Waals surface area (Å²) in [7, 11) is 0. The highest BCUT2D eigenvalue weighted by Gasteiger charge is 2.22. The highest BCUT2D eigenvalue weighted by atomic mass is 16.5. The summed E-state index contributed by atoms with van der Waals surface area (Å²) < 4.78 is 5.72. The molecule has 0 aliphatic carbocycles. The molecule has 2 nitrogen and oxygen atoms in total. The van der Waals surface area contributed by atoms with Gasteiger partial charge in [-0.3, -0.25) is 0 Å². The zero-order valence-electron chi connectivity index (χ0n) is 9.25. The van der Waals surface area contributed by atoms with Crippen molar-refractivity contribution in [3.63, 3.8) is 0 Å². The third kappa shape index (κ3) is 4.10. The Morgan fingerprint density at radius 3 is 2.85 bits per heavy atom. The molecule has 0 aromatic rings. The fourth-order valence-corrected chi connectivity index (χ4v) is 1.90. The van der Waals surface area contributed by atoms with Gasteiger partial charge in [-0.25, -0.2) is 0 Å². The fraction of sp³-hybridized carbons (Fsp3) is 1.00. The minimum atomic E-state index is 0.513. The molecule has 1 saturated heterocycles. The molecule has 0 saturated carbocycles. The van der Waals surface area contributed by atoms with E-state index in [1.54, 1.807) is 0 Å². The molecule has 1 fully saturated rings. The summed E-state index contributed by atoms with van der Waals surface area (Å²) in [5, 5.41) is 0. The summed E-state index contributed by atoms with van der Waals surface area (Å²) in [5.41, 5.74) is 0.